The molecule has 2 unspecified atom stereocenters. The van der Waals surface area contributed by atoms with Crippen LogP contribution in [0.1, 0.15) is 0 Å². The molecule has 17 heavy (non-hydrogen) atoms. The lowest BCUT2D eigenvalue weighted by atomic mass is 10.1. The van der Waals surface area contributed by atoms with Crippen molar-refractivity contribution in [3.8, 4) is 0 Å². The van der Waals surface area contributed by atoms with Crippen molar-refractivity contribution in [2.24, 2.45) is 0 Å². The Bertz CT molecular complexity index is 293. The fourth-order valence-electron chi connectivity index (χ4n) is 2.85. The first-order chi connectivity index (χ1) is 8.09. The molecule has 2 aliphatic heterocycles. The smallest absolute Gasteiger partial charge is 0.314 e. The molecule has 1 N–H and O–H groups in total. The van der Waals surface area contributed by atoms with E-state index in [9.17, 15) is 0 Å². The first-order valence-electron chi connectivity index (χ1n) is 6.35. The third kappa shape index (κ3) is 3.16. The van der Waals surface area contributed by atoms with E-state index < -0.39 is 0 Å². The molecule has 0 aromatic carbocycles. The van der Waals surface area contributed by atoms with Gasteiger partial charge in [-0.25, -0.2) is 4.90 Å². The van der Waals surface area contributed by atoms with Crippen molar-refractivity contribution in [1.82, 2.24) is 15.1 Å². The van der Waals surface area contributed by atoms with Gasteiger partial charge < -0.3 is 5.32 Å². The molecule has 0 aromatic heterocycles. The van der Waals surface area contributed by atoms with Crippen molar-refractivity contribution >= 4 is 27.7 Å². The number of hydrogen-bond donors (Lipinski definition) is 1. The van der Waals surface area contributed by atoms with Crippen molar-refractivity contribution < 1.29 is 0 Å². The molecule has 2 rings (SSSR count). The lowest BCUT2D eigenvalue weighted by Crippen LogP contribution is -2.63. The van der Waals surface area contributed by atoms with Crippen molar-refractivity contribution in [1.29, 1.82) is 0 Å². The van der Waals surface area contributed by atoms with Crippen LogP contribution < -0.4 is 5.32 Å². The summed E-state index contributed by atoms with van der Waals surface area (Å²) in [6.45, 7) is 11.8. The van der Waals surface area contributed by atoms with E-state index in [1.807, 2.05) is 0 Å². The molecule has 0 aliphatic carbocycles. The molecule has 2 heterocycles. The van der Waals surface area contributed by atoms with E-state index in [2.05, 4.69) is 41.0 Å². The predicted octanol–water partition coefficient (Wildman–Crippen LogP) is 0.947. The van der Waals surface area contributed by atoms with Gasteiger partial charge in [-0.1, -0.05) is 0 Å². The highest BCUT2D eigenvalue weighted by Gasteiger charge is 2.44. The topological polar surface area (TPSA) is 18.5 Å². The number of rotatable bonds is 4. The quantitative estimate of drug-likeness (QED) is 0.769. The van der Waals surface area contributed by atoms with Crippen LogP contribution >= 0.6 is 15.1 Å². The highest BCUT2D eigenvalue weighted by Crippen LogP contribution is 2.44. The third-order valence-electron chi connectivity index (χ3n) is 3.67. The summed E-state index contributed by atoms with van der Waals surface area (Å²) in [5.41, 5.74) is 0.680. The van der Waals surface area contributed by atoms with Crippen LogP contribution in [0.4, 0.5) is 0 Å². The number of nitrogens with zero attached hydrogens (tertiary/aromatic N) is 2. The summed E-state index contributed by atoms with van der Waals surface area (Å²) in [7, 11) is -0.245. The summed E-state index contributed by atoms with van der Waals surface area (Å²) in [5, 5.41) is 3.42. The van der Waals surface area contributed by atoms with Crippen LogP contribution in [-0.2, 0) is 0 Å². The van der Waals surface area contributed by atoms with Gasteiger partial charge in [0.1, 0.15) is 13.3 Å². The average molecular weight is 273 g/mol. The number of nitrogens with one attached hydrogen (secondary N) is 1. The fraction of sp³-hybridized carbons (Fsp3) is 0.833. The Morgan fingerprint density at radius 1 is 1.12 bits per heavy atom. The maximum absolute atomic E-state index is 4.28. The third-order valence-corrected chi connectivity index (χ3v) is 8.27. The van der Waals surface area contributed by atoms with Crippen LogP contribution in [0.15, 0.2) is 0 Å². The minimum absolute atomic E-state index is 0.122. The molecule has 0 radical (unpaired) electrons. The molecule has 0 bridgehead atoms. The first kappa shape index (κ1) is 13.6. The van der Waals surface area contributed by atoms with E-state index >= 15 is 0 Å². The molecule has 2 saturated heterocycles. The summed E-state index contributed by atoms with van der Waals surface area (Å²) in [6, 6.07) is 0.796. The number of piperazine rings is 1. The number of hydrogen-bond acceptors (Lipinski definition) is 3. The van der Waals surface area contributed by atoms with E-state index in [1.165, 1.54) is 26.2 Å². The van der Waals surface area contributed by atoms with Crippen molar-refractivity contribution in [3.63, 3.8) is 0 Å². The highest BCUT2D eigenvalue weighted by atomic mass is 31.2. The Morgan fingerprint density at radius 3 is 2.12 bits per heavy atom. The second-order valence-corrected chi connectivity index (χ2v) is 9.67. The molecule has 2 atom stereocenters. The van der Waals surface area contributed by atoms with Gasteiger partial charge in [0.05, 0.1) is 12.6 Å². The SMILES string of the molecule is C=[P+](C)C(N1CC(N2CCNCC2)C1)[P+](=C)C. The molecule has 0 saturated carbocycles. The zero-order valence-corrected chi connectivity index (χ0v) is 12.9. The maximum atomic E-state index is 4.28. The fourth-order valence-corrected chi connectivity index (χ4v) is 7.03. The van der Waals surface area contributed by atoms with Crippen molar-refractivity contribution in [2.45, 2.75) is 11.6 Å². The van der Waals surface area contributed by atoms with Crippen LogP contribution in [0.25, 0.3) is 0 Å². The van der Waals surface area contributed by atoms with Gasteiger partial charge in [-0.2, -0.15) is 0 Å². The standard InChI is InChI=1S/C12H25N3P2/c1-16(2)12(17(3)4)15-9-11(10-15)14-7-5-13-6-8-14/h11-13H,1,3,5-10H2,2,4H3/q+2. The molecule has 96 valence electrons. The molecular formula is C12H25N3P2+2. The normalized spacial score (nSPS) is 27.4. The molecule has 2 fully saturated rings. The predicted molar refractivity (Wildman–Crippen MR) is 83.5 cm³/mol. The Hall–Kier alpha value is 0.220. The summed E-state index contributed by atoms with van der Waals surface area (Å²) < 4.78 is 0. The second-order valence-electron chi connectivity index (χ2n) is 5.25. The largest absolute Gasteiger partial charge is 0.316 e. The summed E-state index contributed by atoms with van der Waals surface area (Å²) in [4.78, 5) is 5.27. The minimum Gasteiger partial charge on any atom is -0.314 e. The molecule has 0 amide bonds. The van der Waals surface area contributed by atoms with Crippen molar-refractivity contribution in [3.05, 3.63) is 0 Å². The Morgan fingerprint density at radius 2 is 1.65 bits per heavy atom. The van der Waals surface area contributed by atoms with E-state index in [0.717, 1.165) is 19.1 Å². The summed E-state index contributed by atoms with van der Waals surface area (Å²) in [5.74, 6) is 0. The first-order valence-corrected chi connectivity index (χ1v) is 10.4. The Kier molecular flexibility index (Phi) is 4.74. The van der Waals surface area contributed by atoms with Gasteiger partial charge in [0, 0.05) is 45.3 Å². The second kappa shape index (κ2) is 5.91. The van der Waals surface area contributed by atoms with Gasteiger partial charge in [-0.3, -0.25) is 4.90 Å². The van der Waals surface area contributed by atoms with Crippen LogP contribution in [-0.4, -0.2) is 86.6 Å². The average Bonchev–Trinajstić information content (AvgIpc) is 2.22. The summed E-state index contributed by atoms with van der Waals surface area (Å²) >= 11 is 0. The molecule has 0 aromatic rings. The zero-order valence-electron chi connectivity index (χ0n) is 11.1. The van der Waals surface area contributed by atoms with Gasteiger partial charge >= 0.3 is 5.52 Å². The molecular weight excluding hydrogens is 248 g/mol. The maximum Gasteiger partial charge on any atom is 0.316 e. The Balaban J connectivity index is 1.84. The van der Waals surface area contributed by atoms with Crippen LogP contribution in [0.5, 0.6) is 0 Å². The summed E-state index contributed by atoms with van der Waals surface area (Å²) in [6.07, 6.45) is 8.55. The molecule has 0 spiro atoms. The highest BCUT2D eigenvalue weighted by molar-refractivity contribution is 7.72. The van der Waals surface area contributed by atoms with E-state index in [-0.39, 0.29) is 15.1 Å². The van der Waals surface area contributed by atoms with E-state index in [4.69, 9.17) is 0 Å². The van der Waals surface area contributed by atoms with Crippen LogP contribution in [0.2, 0.25) is 0 Å². The van der Waals surface area contributed by atoms with Crippen LogP contribution in [0.3, 0.4) is 0 Å². The van der Waals surface area contributed by atoms with Gasteiger partial charge in [-0.05, 0) is 0 Å². The lowest BCUT2D eigenvalue weighted by Gasteiger charge is -2.46. The number of likely N-dealkylation sites (tertiary alicyclic amines) is 1. The Labute approximate surface area is 107 Å². The zero-order chi connectivity index (χ0) is 12.4. The monoisotopic (exact) mass is 273 g/mol. The van der Waals surface area contributed by atoms with Gasteiger partial charge in [0.25, 0.3) is 0 Å². The van der Waals surface area contributed by atoms with Gasteiger partial charge in [0.15, 0.2) is 15.1 Å². The van der Waals surface area contributed by atoms with Gasteiger partial charge in [-0.15, -0.1) is 0 Å². The molecule has 2 aliphatic rings. The van der Waals surface area contributed by atoms with E-state index in [0.29, 0.717) is 5.52 Å². The van der Waals surface area contributed by atoms with Crippen molar-refractivity contribution in [2.75, 3.05) is 52.6 Å². The van der Waals surface area contributed by atoms with E-state index in [1.54, 1.807) is 0 Å². The molecule has 3 nitrogen and oxygen atoms in total. The lowest BCUT2D eigenvalue weighted by molar-refractivity contribution is 0.0338. The minimum atomic E-state index is -0.122. The van der Waals surface area contributed by atoms with Gasteiger partial charge in [0.2, 0.25) is 0 Å². The molecule has 5 heteroatoms. The van der Waals surface area contributed by atoms with Crippen LogP contribution in [0, 0.1) is 0 Å².